The lowest BCUT2D eigenvalue weighted by molar-refractivity contribution is -0.155. The van der Waals surface area contributed by atoms with Gasteiger partial charge in [0.05, 0.1) is 12.1 Å². The summed E-state index contributed by atoms with van der Waals surface area (Å²) < 4.78 is 38.2. The number of rotatable bonds is 5. The number of aromatic nitrogens is 1. The van der Waals surface area contributed by atoms with Gasteiger partial charge in [-0.25, -0.2) is 9.78 Å². The number of thiazole rings is 1. The quantitative estimate of drug-likeness (QED) is 0.746. The molecule has 10 heteroatoms. The van der Waals surface area contributed by atoms with Crippen molar-refractivity contribution in [2.24, 2.45) is 0 Å². The lowest BCUT2D eigenvalue weighted by Gasteiger charge is -2.17. The highest BCUT2D eigenvalue weighted by Crippen LogP contribution is 2.33. The number of nitrogens with zero attached hydrogens (tertiary/aromatic N) is 1. The van der Waals surface area contributed by atoms with E-state index in [0.717, 1.165) is 30.4 Å². The predicted octanol–water partition coefficient (Wildman–Crippen LogP) is 2.39. The molecule has 0 saturated carbocycles. The molecule has 1 heterocycles. The molecule has 1 atom stereocenters. The minimum atomic E-state index is -4.49. The van der Waals surface area contributed by atoms with Gasteiger partial charge in [0.2, 0.25) is 0 Å². The first kappa shape index (κ1) is 18.9. The fraction of sp³-hybridized carbons (Fsp3) is 0.267. The molecular formula is C15H13F3N2O4S. The number of alkyl halides is 3. The molecule has 0 radical (unpaired) electrons. The molecule has 3 N–H and O–H groups in total. The molecular weight excluding hydrogens is 361 g/mol. The van der Waals surface area contributed by atoms with Crippen LogP contribution in [0.25, 0.3) is 10.6 Å². The van der Waals surface area contributed by atoms with E-state index in [4.69, 9.17) is 5.11 Å². The SMILES string of the molecule is CC(O)(CNC(=O)c1csc(-c2cccc(C(F)(F)F)c2)n1)C(=O)O. The van der Waals surface area contributed by atoms with Crippen LogP contribution in [0.1, 0.15) is 23.0 Å². The van der Waals surface area contributed by atoms with Gasteiger partial charge in [0.15, 0.2) is 5.60 Å². The van der Waals surface area contributed by atoms with Crippen molar-refractivity contribution in [3.05, 3.63) is 40.9 Å². The summed E-state index contributed by atoms with van der Waals surface area (Å²) in [6, 6.07) is 4.53. The van der Waals surface area contributed by atoms with Crippen LogP contribution in [0.15, 0.2) is 29.6 Å². The molecule has 1 aromatic heterocycles. The molecule has 2 aromatic rings. The second-order valence-corrected chi connectivity index (χ2v) is 6.24. The Morgan fingerprint density at radius 1 is 1.32 bits per heavy atom. The van der Waals surface area contributed by atoms with Gasteiger partial charge >= 0.3 is 12.1 Å². The number of carboxylic acid groups (broad SMARTS) is 1. The second-order valence-electron chi connectivity index (χ2n) is 5.38. The van der Waals surface area contributed by atoms with Gasteiger partial charge in [-0.1, -0.05) is 12.1 Å². The van der Waals surface area contributed by atoms with E-state index in [9.17, 15) is 27.9 Å². The summed E-state index contributed by atoms with van der Waals surface area (Å²) in [6.45, 7) is 0.475. The topological polar surface area (TPSA) is 99.5 Å². The number of aliphatic carboxylic acids is 1. The van der Waals surface area contributed by atoms with E-state index in [2.05, 4.69) is 10.3 Å². The third-order valence-corrected chi connectivity index (χ3v) is 4.12. The Labute approximate surface area is 143 Å². The summed E-state index contributed by atoms with van der Waals surface area (Å²) in [5, 5.41) is 22.1. The van der Waals surface area contributed by atoms with E-state index < -0.39 is 35.8 Å². The van der Waals surface area contributed by atoms with Crippen molar-refractivity contribution in [3.8, 4) is 10.6 Å². The van der Waals surface area contributed by atoms with Crippen LogP contribution < -0.4 is 5.32 Å². The average Bonchev–Trinajstić information content (AvgIpc) is 3.02. The molecule has 25 heavy (non-hydrogen) atoms. The minimum absolute atomic E-state index is 0.0846. The summed E-state index contributed by atoms with van der Waals surface area (Å²) in [7, 11) is 0. The Morgan fingerprint density at radius 2 is 2.00 bits per heavy atom. The summed E-state index contributed by atoms with van der Waals surface area (Å²) in [5.74, 6) is -2.24. The fourth-order valence-electron chi connectivity index (χ4n) is 1.76. The number of hydrogen-bond acceptors (Lipinski definition) is 5. The van der Waals surface area contributed by atoms with E-state index >= 15 is 0 Å². The van der Waals surface area contributed by atoms with E-state index in [1.54, 1.807) is 0 Å². The van der Waals surface area contributed by atoms with Crippen molar-refractivity contribution in [1.29, 1.82) is 0 Å². The zero-order valence-electron chi connectivity index (χ0n) is 12.8. The first-order valence-corrected chi connectivity index (χ1v) is 7.76. The first-order valence-electron chi connectivity index (χ1n) is 6.88. The van der Waals surface area contributed by atoms with Crippen molar-refractivity contribution in [1.82, 2.24) is 10.3 Å². The molecule has 1 unspecified atom stereocenters. The Morgan fingerprint density at radius 3 is 2.60 bits per heavy atom. The molecule has 1 aromatic carbocycles. The van der Waals surface area contributed by atoms with Crippen LogP contribution in [0.4, 0.5) is 13.2 Å². The van der Waals surface area contributed by atoms with Gasteiger partial charge in [0, 0.05) is 10.9 Å². The standard InChI is InChI=1S/C15H13F3N2O4S/c1-14(24,13(22)23)7-19-11(21)10-6-25-12(20-10)8-3-2-4-9(5-8)15(16,17)18/h2-6,24H,7H2,1H3,(H,19,21)(H,22,23). The summed E-state index contributed by atoms with van der Waals surface area (Å²) >= 11 is 0.972. The minimum Gasteiger partial charge on any atom is -0.479 e. The maximum atomic E-state index is 12.7. The van der Waals surface area contributed by atoms with Gasteiger partial charge in [-0.3, -0.25) is 4.79 Å². The molecule has 2 rings (SSSR count). The normalized spacial score (nSPS) is 14.0. The van der Waals surface area contributed by atoms with E-state index in [1.807, 2.05) is 0 Å². The van der Waals surface area contributed by atoms with Crippen molar-refractivity contribution in [2.75, 3.05) is 6.54 Å². The van der Waals surface area contributed by atoms with Crippen LogP contribution in [0.5, 0.6) is 0 Å². The van der Waals surface area contributed by atoms with Crippen molar-refractivity contribution in [2.45, 2.75) is 18.7 Å². The maximum Gasteiger partial charge on any atom is 0.416 e. The Hall–Kier alpha value is -2.46. The fourth-order valence-corrected chi connectivity index (χ4v) is 2.55. The van der Waals surface area contributed by atoms with Crippen LogP contribution in [-0.4, -0.2) is 39.2 Å². The molecule has 0 aliphatic carbocycles. The van der Waals surface area contributed by atoms with Gasteiger partial charge in [-0.15, -0.1) is 11.3 Å². The van der Waals surface area contributed by atoms with Crippen LogP contribution in [-0.2, 0) is 11.0 Å². The van der Waals surface area contributed by atoms with Crippen LogP contribution in [0, 0.1) is 0 Å². The van der Waals surface area contributed by atoms with Crippen molar-refractivity contribution >= 4 is 23.2 Å². The summed E-state index contributed by atoms with van der Waals surface area (Å²) in [4.78, 5) is 26.7. The molecule has 0 saturated heterocycles. The number of carbonyl (C=O) groups is 2. The average molecular weight is 374 g/mol. The van der Waals surface area contributed by atoms with E-state index in [0.29, 0.717) is 0 Å². The first-order chi connectivity index (χ1) is 11.5. The van der Waals surface area contributed by atoms with E-state index in [1.165, 1.54) is 17.5 Å². The highest BCUT2D eigenvalue weighted by Gasteiger charge is 2.31. The second kappa shape index (κ2) is 6.81. The zero-order valence-corrected chi connectivity index (χ0v) is 13.6. The highest BCUT2D eigenvalue weighted by atomic mass is 32.1. The Balaban J connectivity index is 2.15. The van der Waals surface area contributed by atoms with Crippen LogP contribution in [0.2, 0.25) is 0 Å². The summed E-state index contributed by atoms with van der Waals surface area (Å²) in [5.41, 5.74) is -2.85. The molecule has 0 aliphatic rings. The number of aliphatic hydroxyl groups is 1. The number of benzene rings is 1. The number of halogens is 3. The van der Waals surface area contributed by atoms with E-state index in [-0.39, 0.29) is 16.3 Å². The molecule has 134 valence electrons. The van der Waals surface area contributed by atoms with Crippen molar-refractivity contribution < 1.29 is 33.0 Å². The molecule has 0 aliphatic heterocycles. The van der Waals surface area contributed by atoms with Crippen LogP contribution in [0.3, 0.4) is 0 Å². The predicted molar refractivity (Wildman–Crippen MR) is 83.1 cm³/mol. The van der Waals surface area contributed by atoms with Crippen molar-refractivity contribution in [3.63, 3.8) is 0 Å². The highest BCUT2D eigenvalue weighted by molar-refractivity contribution is 7.13. The largest absolute Gasteiger partial charge is 0.479 e. The maximum absolute atomic E-state index is 12.7. The molecule has 0 spiro atoms. The number of amides is 1. The smallest absolute Gasteiger partial charge is 0.416 e. The van der Waals surface area contributed by atoms with Gasteiger partial charge in [0.25, 0.3) is 5.91 Å². The third kappa shape index (κ3) is 4.54. The zero-order chi connectivity index (χ0) is 18.8. The van der Waals surface area contributed by atoms with Gasteiger partial charge in [-0.05, 0) is 19.1 Å². The van der Waals surface area contributed by atoms with Gasteiger partial charge in [-0.2, -0.15) is 13.2 Å². The van der Waals surface area contributed by atoms with Gasteiger partial charge in [0.1, 0.15) is 10.7 Å². The number of hydrogen-bond donors (Lipinski definition) is 3. The monoisotopic (exact) mass is 374 g/mol. The molecule has 1 amide bonds. The van der Waals surface area contributed by atoms with Crippen LogP contribution >= 0.6 is 11.3 Å². The summed E-state index contributed by atoms with van der Waals surface area (Å²) in [6.07, 6.45) is -4.49. The molecule has 6 nitrogen and oxygen atoms in total. The Bertz CT molecular complexity index is 802. The number of carbonyl (C=O) groups excluding carboxylic acids is 1. The van der Waals surface area contributed by atoms with Gasteiger partial charge < -0.3 is 15.5 Å². The lowest BCUT2D eigenvalue weighted by Crippen LogP contribution is -2.46. The number of carboxylic acids is 1. The number of nitrogens with one attached hydrogen (secondary N) is 1. The molecule has 0 bridgehead atoms. The Kier molecular flexibility index (Phi) is 5.14. The lowest BCUT2D eigenvalue weighted by atomic mass is 10.1. The third-order valence-electron chi connectivity index (χ3n) is 3.23. The molecule has 0 fully saturated rings.